The van der Waals surface area contributed by atoms with E-state index in [-0.39, 0.29) is 33.4 Å². The average molecular weight is 576 g/mol. The maximum Gasteiger partial charge on any atom is 0.434 e. The molecule has 0 unspecified atom stereocenters. The van der Waals surface area contributed by atoms with Gasteiger partial charge in [-0.05, 0) is 67.5 Å². The predicted molar refractivity (Wildman–Crippen MR) is 141 cm³/mol. The third-order valence-electron chi connectivity index (χ3n) is 5.86. The van der Waals surface area contributed by atoms with Crippen LogP contribution in [0.5, 0.6) is 0 Å². The van der Waals surface area contributed by atoms with Crippen molar-refractivity contribution in [2.24, 2.45) is 0 Å². The summed E-state index contributed by atoms with van der Waals surface area (Å²) in [5.41, 5.74) is 0.366. The lowest BCUT2D eigenvalue weighted by atomic mass is 10.0. The van der Waals surface area contributed by atoms with E-state index in [1.165, 1.54) is 59.6 Å². The fraction of sp³-hybridized carbons (Fsp3) is 0.154. The lowest BCUT2D eigenvalue weighted by molar-refractivity contribution is -0.141. The Bertz CT molecular complexity index is 1740. The number of imidazole rings is 1. The lowest BCUT2D eigenvalue weighted by Gasteiger charge is -2.15. The van der Waals surface area contributed by atoms with Gasteiger partial charge in [-0.2, -0.15) is 13.2 Å². The van der Waals surface area contributed by atoms with Crippen LogP contribution in [-0.4, -0.2) is 45.0 Å². The Labute approximate surface area is 227 Å². The van der Waals surface area contributed by atoms with Crippen LogP contribution in [0.3, 0.4) is 0 Å². The van der Waals surface area contributed by atoms with Gasteiger partial charge in [0.1, 0.15) is 11.5 Å². The molecule has 4 aromatic rings. The molecular formula is C26H21ClF3N5O3S. The molecule has 39 heavy (non-hydrogen) atoms. The molecule has 0 atom stereocenters. The van der Waals surface area contributed by atoms with Gasteiger partial charge in [0, 0.05) is 27.9 Å². The van der Waals surface area contributed by atoms with E-state index in [9.17, 15) is 26.4 Å². The zero-order chi connectivity index (χ0) is 28.7. The van der Waals surface area contributed by atoms with Crippen molar-refractivity contribution in [3.63, 3.8) is 0 Å². The topological polar surface area (TPSA) is 99.7 Å². The lowest BCUT2D eigenvalue weighted by Crippen LogP contribution is -2.13. The van der Waals surface area contributed by atoms with Crippen LogP contribution in [0.15, 0.2) is 72.4 Å². The fourth-order valence-corrected chi connectivity index (χ4v) is 4.18. The quantitative estimate of drug-likeness (QED) is 0.209. The van der Waals surface area contributed by atoms with Gasteiger partial charge >= 0.3 is 6.18 Å². The monoisotopic (exact) mass is 575 g/mol. The molecule has 2 aromatic heterocycles. The molecule has 8 nitrogen and oxygen atoms in total. The minimum atomic E-state index is -4.68. The van der Waals surface area contributed by atoms with Crippen LogP contribution >= 0.6 is 11.6 Å². The van der Waals surface area contributed by atoms with Gasteiger partial charge < -0.3 is 4.57 Å². The fourth-order valence-electron chi connectivity index (χ4n) is 3.70. The molecule has 13 heteroatoms. The molecule has 202 valence electrons. The highest BCUT2D eigenvalue weighted by molar-refractivity contribution is 7.94. The number of hydrogen-bond donors (Lipinski definition) is 0. The average Bonchev–Trinajstić information content (AvgIpc) is 3.50. The summed E-state index contributed by atoms with van der Waals surface area (Å²) in [6, 6.07) is 10.7. The Morgan fingerprint density at radius 2 is 1.72 bits per heavy atom. The minimum Gasteiger partial charge on any atom is -0.301 e. The number of nitrogens with zero attached hydrogens (tertiary/aromatic N) is 5. The number of benzene rings is 2. The van der Waals surface area contributed by atoms with Gasteiger partial charge in [0.15, 0.2) is 15.5 Å². The Morgan fingerprint density at radius 3 is 2.31 bits per heavy atom. The zero-order valence-corrected chi connectivity index (χ0v) is 22.4. The molecule has 2 aromatic carbocycles. The highest BCUT2D eigenvalue weighted by atomic mass is 35.5. The van der Waals surface area contributed by atoms with Crippen LogP contribution in [-0.2, 0) is 16.0 Å². The van der Waals surface area contributed by atoms with Crippen LogP contribution in [0.1, 0.15) is 40.1 Å². The van der Waals surface area contributed by atoms with Gasteiger partial charge in [0.2, 0.25) is 5.78 Å². The number of sulfone groups is 1. The Morgan fingerprint density at radius 1 is 1.08 bits per heavy atom. The van der Waals surface area contributed by atoms with E-state index in [1.807, 2.05) is 0 Å². The number of rotatable bonds is 7. The molecule has 0 N–H and O–H groups in total. The summed E-state index contributed by atoms with van der Waals surface area (Å²) in [5.74, 6) is -0.424. The third kappa shape index (κ3) is 5.86. The van der Waals surface area contributed by atoms with Crippen molar-refractivity contribution in [3.05, 3.63) is 106 Å². The van der Waals surface area contributed by atoms with E-state index < -0.39 is 27.5 Å². The van der Waals surface area contributed by atoms with E-state index in [0.717, 1.165) is 12.5 Å². The standard InChI is InChI=1S/C26H21ClF3N5O3S/c1-15(11-16(2)39(4,37)38)19-7-10-21(34-14-24(26(28,29)30)32-17(34)3)22(12-19)35-23(13-31-33-35)25(36)18-5-8-20(27)9-6-18/h5-14H,1H2,2-4H3/b16-11+. The summed E-state index contributed by atoms with van der Waals surface area (Å²) in [6.45, 7) is 6.77. The highest BCUT2D eigenvalue weighted by Gasteiger charge is 2.35. The number of ketones is 1. The Balaban J connectivity index is 1.93. The summed E-state index contributed by atoms with van der Waals surface area (Å²) in [4.78, 5) is 17.0. The SMILES string of the molecule is C=C(/C=C(\C)S(C)(=O)=O)c1ccc(-n2cc(C(F)(F)F)nc2C)c(-n2nncc2C(=O)c2ccc(Cl)cc2)c1. The first-order valence-corrected chi connectivity index (χ1v) is 13.5. The minimum absolute atomic E-state index is 0.0259. The van der Waals surface area contributed by atoms with E-state index >= 15 is 0 Å². The number of alkyl halides is 3. The number of carbonyl (C=O) groups excluding carboxylic acids is 1. The summed E-state index contributed by atoms with van der Waals surface area (Å²) < 4.78 is 66.5. The van der Waals surface area contributed by atoms with Gasteiger partial charge in [-0.15, -0.1) is 5.10 Å². The number of carbonyl (C=O) groups is 1. The van der Waals surface area contributed by atoms with Crippen molar-refractivity contribution in [3.8, 4) is 11.4 Å². The molecule has 0 fully saturated rings. The van der Waals surface area contributed by atoms with E-state index in [2.05, 4.69) is 21.9 Å². The van der Waals surface area contributed by atoms with Crippen LogP contribution in [0.25, 0.3) is 16.9 Å². The van der Waals surface area contributed by atoms with Crippen LogP contribution in [0.4, 0.5) is 13.2 Å². The van der Waals surface area contributed by atoms with Crippen molar-refractivity contribution >= 4 is 32.8 Å². The molecular weight excluding hydrogens is 555 g/mol. The van der Waals surface area contributed by atoms with Crippen LogP contribution in [0, 0.1) is 6.92 Å². The second-order valence-electron chi connectivity index (χ2n) is 8.66. The highest BCUT2D eigenvalue weighted by Crippen LogP contribution is 2.32. The van der Waals surface area contributed by atoms with Gasteiger partial charge in [0.05, 0.1) is 17.6 Å². The molecule has 4 rings (SSSR count). The molecule has 0 bridgehead atoms. The van der Waals surface area contributed by atoms with Crippen LogP contribution in [0.2, 0.25) is 5.02 Å². The van der Waals surface area contributed by atoms with Gasteiger partial charge in [-0.1, -0.05) is 29.5 Å². The molecule has 0 aliphatic carbocycles. The number of aromatic nitrogens is 5. The molecule has 0 aliphatic rings. The molecule has 0 saturated heterocycles. The molecule has 0 aliphatic heterocycles. The first-order chi connectivity index (χ1) is 18.2. The number of aryl methyl sites for hydroxylation is 1. The van der Waals surface area contributed by atoms with Crippen LogP contribution < -0.4 is 0 Å². The first-order valence-electron chi connectivity index (χ1n) is 11.2. The zero-order valence-electron chi connectivity index (χ0n) is 20.9. The summed E-state index contributed by atoms with van der Waals surface area (Å²) in [5, 5.41) is 8.34. The van der Waals surface area contributed by atoms with E-state index in [0.29, 0.717) is 16.2 Å². The van der Waals surface area contributed by atoms with Gasteiger partial charge in [-0.3, -0.25) is 4.79 Å². The summed E-state index contributed by atoms with van der Waals surface area (Å²) in [7, 11) is -3.48. The number of allylic oxidation sites excluding steroid dienone is 3. The smallest absolute Gasteiger partial charge is 0.301 e. The number of hydrogen-bond acceptors (Lipinski definition) is 6. The van der Waals surface area contributed by atoms with Crippen molar-refractivity contribution in [1.82, 2.24) is 24.5 Å². The summed E-state index contributed by atoms with van der Waals surface area (Å²) >= 11 is 5.94. The summed E-state index contributed by atoms with van der Waals surface area (Å²) in [6.07, 6.45) is -0.169. The second kappa shape index (κ2) is 10.3. The molecule has 0 amide bonds. The van der Waals surface area contributed by atoms with Crippen molar-refractivity contribution in [1.29, 1.82) is 0 Å². The second-order valence-corrected chi connectivity index (χ2v) is 11.3. The first kappa shape index (κ1) is 28.0. The molecule has 0 spiro atoms. The van der Waals surface area contributed by atoms with Crippen molar-refractivity contribution in [2.75, 3.05) is 6.26 Å². The normalized spacial score (nSPS) is 12.5. The predicted octanol–water partition coefficient (Wildman–Crippen LogP) is 5.63. The number of halogens is 4. The third-order valence-corrected chi connectivity index (χ3v) is 7.40. The maximum absolute atomic E-state index is 13.4. The molecule has 2 heterocycles. The van der Waals surface area contributed by atoms with E-state index in [4.69, 9.17) is 11.6 Å². The Hall–Kier alpha value is -4.03. The van der Waals surface area contributed by atoms with Crippen molar-refractivity contribution in [2.45, 2.75) is 20.0 Å². The van der Waals surface area contributed by atoms with Gasteiger partial charge in [-0.25, -0.2) is 18.1 Å². The maximum atomic E-state index is 13.4. The molecule has 0 saturated carbocycles. The molecule has 0 radical (unpaired) electrons. The Kier molecular flexibility index (Phi) is 7.37. The van der Waals surface area contributed by atoms with Gasteiger partial charge in [0.25, 0.3) is 0 Å². The largest absolute Gasteiger partial charge is 0.434 e. The van der Waals surface area contributed by atoms with E-state index in [1.54, 1.807) is 18.2 Å². The van der Waals surface area contributed by atoms with Crippen molar-refractivity contribution < 1.29 is 26.4 Å².